The van der Waals surface area contributed by atoms with Gasteiger partial charge in [0.25, 0.3) is 0 Å². The number of aliphatic hydroxyl groups excluding tert-OH is 1. The first kappa shape index (κ1) is 23.4. The van der Waals surface area contributed by atoms with Gasteiger partial charge in [-0.2, -0.15) is 0 Å². The van der Waals surface area contributed by atoms with E-state index < -0.39 is 5.60 Å². The van der Waals surface area contributed by atoms with Crippen LogP contribution in [-0.4, -0.2) is 35.0 Å². The molecular weight excluding hydrogens is 364 g/mol. The number of hydrogen-bond donors (Lipinski definition) is 2. The van der Waals surface area contributed by atoms with Crippen LogP contribution in [0.5, 0.6) is 0 Å². The third-order valence-electron chi connectivity index (χ3n) is 5.88. The van der Waals surface area contributed by atoms with Gasteiger partial charge in [0.15, 0.2) is 0 Å². The van der Waals surface area contributed by atoms with E-state index >= 15 is 0 Å². The zero-order chi connectivity index (χ0) is 21.1. The number of esters is 1. The number of aryl methyl sites for hydroxylation is 1. The van der Waals surface area contributed by atoms with Gasteiger partial charge in [0.05, 0.1) is 18.8 Å². The van der Waals surface area contributed by atoms with Crippen LogP contribution in [0.15, 0.2) is 54.6 Å². The molecule has 0 amide bonds. The molecule has 0 spiro atoms. The number of ether oxygens (including phenoxy) is 1. The minimum Gasteiger partial charge on any atom is -0.469 e. The summed E-state index contributed by atoms with van der Waals surface area (Å²) in [6, 6.07) is 10.2. The van der Waals surface area contributed by atoms with Crippen molar-refractivity contribution < 1.29 is 19.7 Å². The fraction of sp³-hybridized carbons (Fsp3) is 0.560. The van der Waals surface area contributed by atoms with Crippen LogP contribution in [0.2, 0.25) is 0 Å². The van der Waals surface area contributed by atoms with E-state index in [1.807, 2.05) is 37.3 Å². The molecule has 160 valence electrons. The van der Waals surface area contributed by atoms with Gasteiger partial charge in [0, 0.05) is 6.42 Å². The Labute approximate surface area is 175 Å². The SMILES string of the molecule is COC(=O)CC/C=C\CCC1[C@@H](O)CC[C@@H]1/C=C/[C@](C)(O)CCc1ccccc1. The van der Waals surface area contributed by atoms with Crippen molar-refractivity contribution in [2.75, 3.05) is 7.11 Å². The molecule has 0 aromatic heterocycles. The largest absolute Gasteiger partial charge is 0.469 e. The van der Waals surface area contributed by atoms with Gasteiger partial charge in [-0.05, 0) is 69.3 Å². The highest BCUT2D eigenvalue weighted by atomic mass is 16.5. The quantitative estimate of drug-likeness (QED) is 0.421. The van der Waals surface area contributed by atoms with Gasteiger partial charge in [0.2, 0.25) is 0 Å². The Kier molecular flexibility index (Phi) is 9.62. The first-order valence-corrected chi connectivity index (χ1v) is 10.8. The number of hydrogen-bond acceptors (Lipinski definition) is 4. The van der Waals surface area contributed by atoms with E-state index in [2.05, 4.69) is 29.0 Å². The minimum absolute atomic E-state index is 0.189. The van der Waals surface area contributed by atoms with Gasteiger partial charge < -0.3 is 14.9 Å². The van der Waals surface area contributed by atoms with E-state index in [1.54, 1.807) is 0 Å². The highest BCUT2D eigenvalue weighted by Crippen LogP contribution is 2.37. The summed E-state index contributed by atoms with van der Waals surface area (Å²) in [6.45, 7) is 1.86. The van der Waals surface area contributed by atoms with E-state index in [-0.39, 0.29) is 18.0 Å². The summed E-state index contributed by atoms with van der Waals surface area (Å²) >= 11 is 0. The molecule has 0 aliphatic heterocycles. The lowest BCUT2D eigenvalue weighted by atomic mass is 9.87. The van der Waals surface area contributed by atoms with Gasteiger partial charge in [-0.25, -0.2) is 0 Å². The summed E-state index contributed by atoms with van der Waals surface area (Å²) in [5, 5.41) is 21.1. The second-order valence-corrected chi connectivity index (χ2v) is 8.34. The molecule has 1 unspecified atom stereocenters. The molecule has 0 radical (unpaired) electrons. The molecule has 0 bridgehead atoms. The van der Waals surface area contributed by atoms with Crippen molar-refractivity contribution in [3.05, 3.63) is 60.2 Å². The normalized spacial score (nSPS) is 24.2. The minimum atomic E-state index is -0.846. The molecule has 1 aliphatic carbocycles. The average Bonchev–Trinajstić information content (AvgIpc) is 3.08. The molecule has 1 saturated carbocycles. The molecule has 2 N–H and O–H groups in total. The second-order valence-electron chi connectivity index (χ2n) is 8.34. The monoisotopic (exact) mass is 400 g/mol. The molecule has 0 saturated heterocycles. The molecular formula is C25H36O4. The average molecular weight is 401 g/mol. The van der Waals surface area contributed by atoms with Crippen molar-refractivity contribution in [3.63, 3.8) is 0 Å². The van der Waals surface area contributed by atoms with E-state index in [0.717, 1.165) is 32.1 Å². The third kappa shape index (κ3) is 8.55. The van der Waals surface area contributed by atoms with Crippen molar-refractivity contribution in [1.82, 2.24) is 0 Å². The molecule has 1 aliphatic rings. The Balaban J connectivity index is 1.79. The number of carbonyl (C=O) groups is 1. The zero-order valence-corrected chi connectivity index (χ0v) is 17.8. The fourth-order valence-electron chi connectivity index (χ4n) is 4.01. The Hall–Kier alpha value is -1.91. The predicted octanol–water partition coefficient (Wildman–Crippen LogP) is 4.60. The van der Waals surface area contributed by atoms with Gasteiger partial charge in [-0.15, -0.1) is 0 Å². The summed E-state index contributed by atoms with van der Waals surface area (Å²) in [6.07, 6.45) is 14.1. The van der Waals surface area contributed by atoms with Crippen molar-refractivity contribution in [2.24, 2.45) is 11.8 Å². The van der Waals surface area contributed by atoms with Crippen LogP contribution >= 0.6 is 0 Å². The summed E-state index contributed by atoms with van der Waals surface area (Å²) in [5.41, 5.74) is 0.385. The van der Waals surface area contributed by atoms with E-state index in [9.17, 15) is 15.0 Å². The van der Waals surface area contributed by atoms with Crippen molar-refractivity contribution in [1.29, 1.82) is 0 Å². The smallest absolute Gasteiger partial charge is 0.305 e. The Bertz CT molecular complexity index is 663. The topological polar surface area (TPSA) is 66.8 Å². The maximum absolute atomic E-state index is 11.1. The summed E-state index contributed by atoms with van der Waals surface area (Å²) < 4.78 is 4.63. The highest BCUT2D eigenvalue weighted by molar-refractivity contribution is 5.69. The Morgan fingerprint density at radius 2 is 1.93 bits per heavy atom. The second kappa shape index (κ2) is 11.9. The van der Waals surface area contributed by atoms with Gasteiger partial charge in [0.1, 0.15) is 0 Å². The van der Waals surface area contributed by atoms with E-state index in [4.69, 9.17) is 0 Å². The standard InChI is InChI=1S/C25H36O4/c1-25(28,18-16-20-10-6-5-7-11-20)19-17-21-14-15-23(26)22(21)12-8-3-4-9-13-24(27)29-2/h3-7,10-11,17,19,21-23,26,28H,8-9,12-16,18H2,1-2H3/b4-3-,19-17+/t21-,22?,23+,25-/m1/s1. The van der Waals surface area contributed by atoms with Crippen LogP contribution < -0.4 is 0 Å². The van der Waals surface area contributed by atoms with Crippen molar-refractivity contribution >= 4 is 5.97 Å². The number of aliphatic hydroxyl groups is 2. The lowest BCUT2D eigenvalue weighted by molar-refractivity contribution is -0.140. The molecule has 4 atom stereocenters. The summed E-state index contributed by atoms with van der Waals surface area (Å²) in [5.74, 6) is 0.337. The van der Waals surface area contributed by atoms with E-state index in [0.29, 0.717) is 25.2 Å². The number of methoxy groups -OCH3 is 1. The first-order valence-electron chi connectivity index (χ1n) is 10.8. The maximum atomic E-state index is 11.1. The van der Waals surface area contributed by atoms with Crippen LogP contribution in [0, 0.1) is 11.8 Å². The maximum Gasteiger partial charge on any atom is 0.305 e. The van der Waals surface area contributed by atoms with Crippen LogP contribution in [0.3, 0.4) is 0 Å². The van der Waals surface area contributed by atoms with Crippen molar-refractivity contribution in [2.45, 2.75) is 70.0 Å². The Morgan fingerprint density at radius 3 is 2.66 bits per heavy atom. The highest BCUT2D eigenvalue weighted by Gasteiger charge is 2.33. The third-order valence-corrected chi connectivity index (χ3v) is 5.88. The summed E-state index contributed by atoms with van der Waals surface area (Å²) in [4.78, 5) is 11.1. The molecule has 2 rings (SSSR count). The van der Waals surface area contributed by atoms with Gasteiger partial charge in [-0.3, -0.25) is 4.79 Å². The molecule has 4 heteroatoms. The number of benzene rings is 1. The number of carbonyl (C=O) groups excluding carboxylic acids is 1. The van der Waals surface area contributed by atoms with Crippen LogP contribution in [0.1, 0.15) is 57.4 Å². The summed E-state index contributed by atoms with van der Waals surface area (Å²) in [7, 11) is 1.40. The number of rotatable bonds is 11. The van der Waals surface area contributed by atoms with E-state index in [1.165, 1.54) is 12.7 Å². The van der Waals surface area contributed by atoms with Gasteiger partial charge in [-0.1, -0.05) is 54.6 Å². The zero-order valence-electron chi connectivity index (χ0n) is 17.8. The van der Waals surface area contributed by atoms with Gasteiger partial charge >= 0.3 is 5.97 Å². The van der Waals surface area contributed by atoms with Crippen LogP contribution in [-0.2, 0) is 16.0 Å². The molecule has 29 heavy (non-hydrogen) atoms. The van der Waals surface area contributed by atoms with Crippen molar-refractivity contribution in [3.8, 4) is 0 Å². The fourth-order valence-corrected chi connectivity index (χ4v) is 4.01. The number of allylic oxidation sites excluding steroid dienone is 3. The van der Waals surface area contributed by atoms with Crippen LogP contribution in [0.4, 0.5) is 0 Å². The lowest BCUT2D eigenvalue weighted by Gasteiger charge is -2.22. The van der Waals surface area contributed by atoms with Crippen LogP contribution in [0.25, 0.3) is 0 Å². The molecule has 4 nitrogen and oxygen atoms in total. The predicted molar refractivity (Wildman–Crippen MR) is 116 cm³/mol. The molecule has 1 fully saturated rings. The molecule has 0 heterocycles. The first-order chi connectivity index (χ1) is 13.9. The lowest BCUT2D eigenvalue weighted by Crippen LogP contribution is -2.23. The molecule has 1 aromatic carbocycles. The molecule has 1 aromatic rings. The Morgan fingerprint density at radius 1 is 1.21 bits per heavy atom.